The molecule has 0 bridgehead atoms. The van der Waals surface area contributed by atoms with Gasteiger partial charge in [0.2, 0.25) is 0 Å². The van der Waals surface area contributed by atoms with Gasteiger partial charge in [-0.3, -0.25) is 4.79 Å². The summed E-state index contributed by atoms with van der Waals surface area (Å²) in [5.74, 6) is -0.639. The zero-order valence-electron chi connectivity index (χ0n) is 13.2. The molecule has 3 aromatic rings. The van der Waals surface area contributed by atoms with Crippen LogP contribution in [0.15, 0.2) is 66.9 Å². The Morgan fingerprint density at radius 1 is 1.04 bits per heavy atom. The van der Waals surface area contributed by atoms with E-state index in [1.165, 1.54) is 12.3 Å². The molecule has 0 spiro atoms. The van der Waals surface area contributed by atoms with E-state index >= 15 is 0 Å². The molecule has 1 amide bonds. The molecule has 2 N–H and O–H groups in total. The molecular formula is C19H15ClFN3O. The van der Waals surface area contributed by atoms with Gasteiger partial charge >= 0.3 is 0 Å². The lowest BCUT2D eigenvalue weighted by atomic mass is 10.2. The summed E-state index contributed by atoms with van der Waals surface area (Å²) in [5, 5.41) is 6.36. The number of amides is 1. The highest BCUT2D eigenvalue weighted by atomic mass is 35.5. The maximum atomic E-state index is 13.6. The Morgan fingerprint density at radius 3 is 2.48 bits per heavy atom. The van der Waals surface area contributed by atoms with Crippen molar-refractivity contribution >= 4 is 28.9 Å². The van der Waals surface area contributed by atoms with Crippen molar-refractivity contribution in [3.8, 4) is 0 Å². The highest BCUT2D eigenvalue weighted by Gasteiger charge is 2.08. The van der Waals surface area contributed by atoms with Crippen molar-refractivity contribution in [3.05, 3.63) is 89.0 Å². The molecular weight excluding hydrogens is 341 g/mol. The van der Waals surface area contributed by atoms with Crippen LogP contribution in [-0.4, -0.2) is 10.9 Å². The molecule has 1 aromatic heterocycles. The van der Waals surface area contributed by atoms with E-state index in [1.807, 2.05) is 12.1 Å². The van der Waals surface area contributed by atoms with E-state index in [4.69, 9.17) is 11.6 Å². The van der Waals surface area contributed by atoms with Gasteiger partial charge in [-0.2, -0.15) is 0 Å². The Kier molecular flexibility index (Phi) is 5.26. The molecule has 0 fully saturated rings. The number of benzene rings is 2. The second-order valence-corrected chi connectivity index (χ2v) is 5.78. The van der Waals surface area contributed by atoms with Gasteiger partial charge in [-0.25, -0.2) is 9.37 Å². The Balaban J connectivity index is 1.60. The second-order valence-electron chi connectivity index (χ2n) is 5.35. The highest BCUT2D eigenvalue weighted by molar-refractivity contribution is 6.30. The van der Waals surface area contributed by atoms with E-state index in [9.17, 15) is 9.18 Å². The Bertz CT molecular complexity index is 867. The molecule has 0 aliphatic rings. The molecule has 0 radical (unpaired) electrons. The van der Waals surface area contributed by atoms with Crippen molar-refractivity contribution in [2.24, 2.45) is 0 Å². The summed E-state index contributed by atoms with van der Waals surface area (Å²) in [7, 11) is 0. The molecule has 0 aliphatic carbocycles. The van der Waals surface area contributed by atoms with Gasteiger partial charge in [0.05, 0.1) is 17.6 Å². The summed E-state index contributed by atoms with van der Waals surface area (Å²) in [6, 6.07) is 16.8. The fraction of sp³-hybridized carbons (Fsp3) is 0.0526. The number of pyridine rings is 1. The van der Waals surface area contributed by atoms with Crippen LogP contribution in [0.4, 0.5) is 15.8 Å². The topological polar surface area (TPSA) is 54.0 Å². The third-order valence-corrected chi connectivity index (χ3v) is 3.77. The van der Waals surface area contributed by atoms with Gasteiger partial charge < -0.3 is 10.6 Å². The van der Waals surface area contributed by atoms with Crippen molar-refractivity contribution in [3.63, 3.8) is 0 Å². The summed E-state index contributed by atoms with van der Waals surface area (Å²) < 4.78 is 13.6. The molecule has 0 saturated carbocycles. The Morgan fingerprint density at radius 2 is 1.80 bits per heavy atom. The van der Waals surface area contributed by atoms with Crippen LogP contribution in [0, 0.1) is 5.82 Å². The fourth-order valence-corrected chi connectivity index (χ4v) is 2.32. The summed E-state index contributed by atoms with van der Waals surface area (Å²) in [6.45, 7) is 0.382. The maximum Gasteiger partial charge on any atom is 0.270 e. The first kappa shape index (κ1) is 16.9. The normalized spacial score (nSPS) is 10.3. The number of carbonyl (C=O) groups excluding carboxylic acids is 1. The molecule has 6 heteroatoms. The average Bonchev–Trinajstić information content (AvgIpc) is 2.63. The van der Waals surface area contributed by atoms with Crippen LogP contribution in [0.25, 0.3) is 0 Å². The molecule has 0 aliphatic heterocycles. The van der Waals surface area contributed by atoms with E-state index < -0.39 is 0 Å². The largest absolute Gasteiger partial charge is 0.352 e. The van der Waals surface area contributed by atoms with Crippen LogP contribution < -0.4 is 10.6 Å². The minimum atomic E-state index is -0.354. The van der Waals surface area contributed by atoms with E-state index in [0.717, 1.165) is 5.56 Å². The van der Waals surface area contributed by atoms with Gasteiger partial charge in [0.15, 0.2) is 0 Å². The first-order chi connectivity index (χ1) is 12.1. The minimum Gasteiger partial charge on any atom is -0.352 e. The molecule has 4 nitrogen and oxygen atoms in total. The Labute approximate surface area is 149 Å². The molecule has 0 atom stereocenters. The molecule has 3 rings (SSSR count). The molecule has 25 heavy (non-hydrogen) atoms. The summed E-state index contributed by atoms with van der Waals surface area (Å²) in [4.78, 5) is 16.2. The first-order valence-corrected chi connectivity index (χ1v) is 8.00. The van der Waals surface area contributed by atoms with Crippen LogP contribution in [0.1, 0.15) is 16.1 Å². The van der Waals surface area contributed by atoms with Crippen LogP contribution in [-0.2, 0) is 6.54 Å². The molecule has 126 valence electrons. The third kappa shape index (κ3) is 4.55. The number of rotatable bonds is 5. The van der Waals surface area contributed by atoms with Gasteiger partial charge in [-0.1, -0.05) is 35.9 Å². The predicted molar refractivity (Wildman–Crippen MR) is 96.5 cm³/mol. The fourth-order valence-electron chi connectivity index (χ4n) is 2.20. The SMILES string of the molecule is O=C(NCc1ccc(Cl)cc1)c1ccc(Nc2ccccc2F)cn1. The second kappa shape index (κ2) is 7.77. The van der Waals surface area contributed by atoms with Crippen molar-refractivity contribution in [1.82, 2.24) is 10.3 Å². The maximum absolute atomic E-state index is 13.6. The Hall–Kier alpha value is -2.92. The predicted octanol–water partition coefficient (Wildman–Crippen LogP) is 4.55. The monoisotopic (exact) mass is 355 g/mol. The number of carbonyl (C=O) groups is 1. The summed E-state index contributed by atoms with van der Waals surface area (Å²) in [6.07, 6.45) is 1.49. The number of para-hydroxylation sites is 1. The van der Waals surface area contributed by atoms with Crippen LogP contribution >= 0.6 is 11.6 Å². The lowest BCUT2D eigenvalue weighted by molar-refractivity contribution is 0.0946. The third-order valence-electron chi connectivity index (χ3n) is 3.52. The molecule has 2 aromatic carbocycles. The quantitative estimate of drug-likeness (QED) is 0.706. The van der Waals surface area contributed by atoms with E-state index in [0.29, 0.717) is 22.9 Å². The standard InChI is InChI=1S/C19H15ClFN3O/c20-14-7-5-13(6-8-14)11-23-19(25)18-10-9-15(12-22-18)24-17-4-2-1-3-16(17)21/h1-10,12,24H,11H2,(H,23,25). The molecule has 0 unspecified atom stereocenters. The van der Waals surface area contributed by atoms with Gasteiger partial charge in [0.1, 0.15) is 11.5 Å². The van der Waals surface area contributed by atoms with Crippen molar-refractivity contribution < 1.29 is 9.18 Å². The van der Waals surface area contributed by atoms with Crippen molar-refractivity contribution in [1.29, 1.82) is 0 Å². The first-order valence-electron chi connectivity index (χ1n) is 7.62. The summed E-state index contributed by atoms with van der Waals surface area (Å²) in [5.41, 5.74) is 2.17. The van der Waals surface area contributed by atoms with Crippen LogP contribution in [0.5, 0.6) is 0 Å². The number of hydrogen-bond acceptors (Lipinski definition) is 3. The zero-order chi connectivity index (χ0) is 17.6. The minimum absolute atomic E-state index is 0.285. The van der Waals surface area contributed by atoms with E-state index in [2.05, 4.69) is 15.6 Å². The number of aromatic nitrogens is 1. The average molecular weight is 356 g/mol. The van der Waals surface area contributed by atoms with E-state index in [-0.39, 0.29) is 17.4 Å². The van der Waals surface area contributed by atoms with Gasteiger partial charge in [0.25, 0.3) is 5.91 Å². The van der Waals surface area contributed by atoms with Gasteiger partial charge in [0, 0.05) is 11.6 Å². The highest BCUT2D eigenvalue weighted by Crippen LogP contribution is 2.18. The van der Waals surface area contributed by atoms with Crippen molar-refractivity contribution in [2.75, 3.05) is 5.32 Å². The number of anilines is 2. The molecule has 0 saturated heterocycles. The van der Waals surface area contributed by atoms with E-state index in [1.54, 1.807) is 42.5 Å². The van der Waals surface area contributed by atoms with Gasteiger partial charge in [-0.05, 0) is 42.0 Å². The van der Waals surface area contributed by atoms with Gasteiger partial charge in [-0.15, -0.1) is 0 Å². The molecule has 1 heterocycles. The van der Waals surface area contributed by atoms with Crippen molar-refractivity contribution in [2.45, 2.75) is 6.54 Å². The number of halogens is 2. The smallest absolute Gasteiger partial charge is 0.270 e. The number of nitrogens with zero attached hydrogens (tertiary/aromatic N) is 1. The van der Waals surface area contributed by atoms with Crippen LogP contribution in [0.3, 0.4) is 0 Å². The van der Waals surface area contributed by atoms with Crippen LogP contribution in [0.2, 0.25) is 5.02 Å². The lowest BCUT2D eigenvalue weighted by Crippen LogP contribution is -2.23. The summed E-state index contributed by atoms with van der Waals surface area (Å²) >= 11 is 5.83. The lowest BCUT2D eigenvalue weighted by Gasteiger charge is -2.08. The zero-order valence-corrected chi connectivity index (χ0v) is 13.9. The number of nitrogens with one attached hydrogen (secondary N) is 2. The number of hydrogen-bond donors (Lipinski definition) is 2.